The monoisotopic (exact) mass is 323 g/mol. The maximum absolute atomic E-state index is 11.9. The Hall–Kier alpha value is -1.85. The van der Waals surface area contributed by atoms with Gasteiger partial charge >= 0.3 is 0 Å². The zero-order chi connectivity index (χ0) is 15.5. The summed E-state index contributed by atoms with van der Waals surface area (Å²) >= 11 is 5.76. The molecule has 0 heterocycles. The van der Waals surface area contributed by atoms with Gasteiger partial charge in [0, 0.05) is 23.4 Å². The van der Waals surface area contributed by atoms with Gasteiger partial charge in [-0.25, -0.2) is 8.42 Å². The highest BCUT2D eigenvalue weighted by Gasteiger charge is 2.07. The molecule has 0 aliphatic heterocycles. The van der Waals surface area contributed by atoms with E-state index in [0.717, 1.165) is 11.8 Å². The Bertz CT molecular complexity index is 737. The quantitative estimate of drug-likeness (QED) is 0.941. The Balaban J connectivity index is 2.00. The first-order valence-electron chi connectivity index (χ1n) is 6.19. The van der Waals surface area contributed by atoms with Gasteiger partial charge in [-0.1, -0.05) is 23.7 Å². The molecule has 6 heteroatoms. The van der Waals surface area contributed by atoms with E-state index < -0.39 is 9.84 Å². The minimum Gasteiger partial charge on any atom is -0.348 e. The van der Waals surface area contributed by atoms with Crippen LogP contribution in [-0.2, 0) is 16.4 Å². The molecule has 0 fully saturated rings. The fraction of sp³-hybridized carbons (Fsp3) is 0.133. The maximum Gasteiger partial charge on any atom is 0.251 e. The normalized spacial score (nSPS) is 11.1. The van der Waals surface area contributed by atoms with Crippen LogP contribution in [0.15, 0.2) is 53.4 Å². The molecule has 0 aliphatic rings. The minimum atomic E-state index is -3.20. The van der Waals surface area contributed by atoms with Gasteiger partial charge in [-0.15, -0.1) is 0 Å². The summed E-state index contributed by atoms with van der Waals surface area (Å²) in [6.07, 6.45) is 1.16. The molecule has 4 nitrogen and oxygen atoms in total. The highest BCUT2D eigenvalue weighted by Crippen LogP contribution is 2.11. The summed E-state index contributed by atoms with van der Waals surface area (Å²) in [5.41, 5.74) is 1.34. The van der Waals surface area contributed by atoms with Gasteiger partial charge < -0.3 is 5.32 Å². The van der Waals surface area contributed by atoms with Gasteiger partial charge in [0.15, 0.2) is 9.84 Å². The summed E-state index contributed by atoms with van der Waals surface area (Å²) < 4.78 is 22.7. The number of sulfone groups is 1. The van der Waals surface area contributed by atoms with Crippen molar-refractivity contribution in [2.45, 2.75) is 11.4 Å². The van der Waals surface area contributed by atoms with Crippen molar-refractivity contribution < 1.29 is 13.2 Å². The van der Waals surface area contributed by atoms with Gasteiger partial charge in [0.2, 0.25) is 0 Å². The van der Waals surface area contributed by atoms with Gasteiger partial charge in [0.1, 0.15) is 0 Å². The lowest BCUT2D eigenvalue weighted by atomic mass is 10.2. The zero-order valence-electron chi connectivity index (χ0n) is 11.3. The SMILES string of the molecule is CS(=O)(=O)c1ccc(CNC(=O)c2ccc(Cl)cc2)cc1. The standard InChI is InChI=1S/C15H14ClNO3S/c1-21(19,20)14-8-2-11(3-9-14)10-17-15(18)12-4-6-13(16)7-5-12/h2-9H,10H2,1H3,(H,17,18). The summed E-state index contributed by atoms with van der Waals surface area (Å²) in [6, 6.07) is 13.0. The van der Waals surface area contributed by atoms with E-state index >= 15 is 0 Å². The van der Waals surface area contributed by atoms with Crippen LogP contribution in [0, 0.1) is 0 Å². The van der Waals surface area contributed by atoms with Crippen molar-refractivity contribution in [3.8, 4) is 0 Å². The summed E-state index contributed by atoms with van der Waals surface area (Å²) in [4.78, 5) is 12.2. The van der Waals surface area contributed by atoms with Crippen molar-refractivity contribution in [3.05, 3.63) is 64.7 Å². The number of nitrogens with one attached hydrogen (secondary N) is 1. The van der Waals surface area contributed by atoms with Crippen molar-refractivity contribution in [1.29, 1.82) is 0 Å². The van der Waals surface area contributed by atoms with Crippen LogP contribution >= 0.6 is 11.6 Å². The van der Waals surface area contributed by atoms with Gasteiger partial charge in [0.25, 0.3) is 5.91 Å². The number of hydrogen-bond acceptors (Lipinski definition) is 3. The molecule has 0 atom stereocenters. The highest BCUT2D eigenvalue weighted by molar-refractivity contribution is 7.90. The molecule has 0 aromatic heterocycles. The van der Waals surface area contributed by atoms with E-state index in [1.165, 1.54) is 12.1 Å². The molecular formula is C15H14ClNO3S. The Morgan fingerprint density at radius 3 is 2.14 bits per heavy atom. The molecular weight excluding hydrogens is 310 g/mol. The Kier molecular flexibility index (Phi) is 4.65. The van der Waals surface area contributed by atoms with Crippen LogP contribution in [-0.4, -0.2) is 20.6 Å². The van der Waals surface area contributed by atoms with E-state index in [2.05, 4.69) is 5.32 Å². The Labute approximate surface area is 128 Å². The van der Waals surface area contributed by atoms with E-state index in [9.17, 15) is 13.2 Å². The van der Waals surface area contributed by atoms with Crippen LogP contribution in [0.2, 0.25) is 5.02 Å². The number of amides is 1. The Morgan fingerprint density at radius 1 is 1.05 bits per heavy atom. The van der Waals surface area contributed by atoms with Crippen molar-refractivity contribution in [3.63, 3.8) is 0 Å². The lowest BCUT2D eigenvalue weighted by Crippen LogP contribution is -2.22. The second-order valence-electron chi connectivity index (χ2n) is 4.61. The van der Waals surface area contributed by atoms with Crippen LogP contribution in [0.3, 0.4) is 0 Å². The van der Waals surface area contributed by atoms with E-state index in [0.29, 0.717) is 17.1 Å². The minimum absolute atomic E-state index is 0.209. The van der Waals surface area contributed by atoms with Crippen LogP contribution in [0.4, 0.5) is 0 Å². The summed E-state index contributed by atoms with van der Waals surface area (Å²) in [7, 11) is -3.20. The average molecular weight is 324 g/mol. The molecule has 0 saturated carbocycles. The number of benzene rings is 2. The van der Waals surface area contributed by atoms with E-state index in [1.807, 2.05) is 0 Å². The van der Waals surface area contributed by atoms with Gasteiger partial charge in [-0.2, -0.15) is 0 Å². The Morgan fingerprint density at radius 2 is 1.62 bits per heavy atom. The van der Waals surface area contributed by atoms with Crippen LogP contribution in [0.25, 0.3) is 0 Å². The van der Waals surface area contributed by atoms with E-state index in [1.54, 1.807) is 36.4 Å². The summed E-state index contributed by atoms with van der Waals surface area (Å²) in [6.45, 7) is 0.325. The molecule has 110 valence electrons. The van der Waals surface area contributed by atoms with Gasteiger partial charge in [0.05, 0.1) is 4.90 Å². The molecule has 0 spiro atoms. The fourth-order valence-corrected chi connectivity index (χ4v) is 2.50. The molecule has 0 radical (unpaired) electrons. The second-order valence-corrected chi connectivity index (χ2v) is 7.06. The molecule has 0 aliphatic carbocycles. The van der Waals surface area contributed by atoms with Gasteiger partial charge in [-0.05, 0) is 42.0 Å². The third-order valence-electron chi connectivity index (χ3n) is 2.91. The molecule has 0 saturated heterocycles. The molecule has 2 aromatic carbocycles. The van der Waals surface area contributed by atoms with Crippen LogP contribution in [0.5, 0.6) is 0 Å². The number of carbonyl (C=O) groups excluding carboxylic acids is 1. The van der Waals surface area contributed by atoms with Crippen molar-refractivity contribution in [2.75, 3.05) is 6.26 Å². The van der Waals surface area contributed by atoms with Gasteiger partial charge in [-0.3, -0.25) is 4.79 Å². The molecule has 0 bridgehead atoms. The third-order valence-corrected chi connectivity index (χ3v) is 4.29. The molecule has 0 unspecified atom stereocenters. The first-order valence-corrected chi connectivity index (χ1v) is 8.46. The number of carbonyl (C=O) groups is 1. The predicted molar refractivity (Wildman–Crippen MR) is 82.2 cm³/mol. The highest BCUT2D eigenvalue weighted by atomic mass is 35.5. The second kappa shape index (κ2) is 6.28. The maximum atomic E-state index is 11.9. The molecule has 1 N–H and O–H groups in total. The third kappa shape index (κ3) is 4.31. The molecule has 2 rings (SSSR count). The average Bonchev–Trinajstić information content (AvgIpc) is 2.45. The first kappa shape index (κ1) is 15.5. The lowest BCUT2D eigenvalue weighted by Gasteiger charge is -2.06. The van der Waals surface area contributed by atoms with E-state index in [4.69, 9.17) is 11.6 Å². The molecule has 21 heavy (non-hydrogen) atoms. The molecule has 1 amide bonds. The molecule has 2 aromatic rings. The number of halogens is 1. The van der Waals surface area contributed by atoms with Crippen molar-refractivity contribution in [1.82, 2.24) is 5.32 Å². The lowest BCUT2D eigenvalue weighted by molar-refractivity contribution is 0.0951. The van der Waals surface area contributed by atoms with E-state index in [-0.39, 0.29) is 10.8 Å². The zero-order valence-corrected chi connectivity index (χ0v) is 12.9. The van der Waals surface area contributed by atoms with Crippen molar-refractivity contribution >= 4 is 27.3 Å². The first-order chi connectivity index (χ1) is 9.86. The number of rotatable bonds is 4. The summed E-state index contributed by atoms with van der Waals surface area (Å²) in [5, 5.41) is 3.33. The predicted octanol–water partition coefficient (Wildman–Crippen LogP) is 2.67. The largest absolute Gasteiger partial charge is 0.348 e. The smallest absolute Gasteiger partial charge is 0.251 e. The fourth-order valence-electron chi connectivity index (χ4n) is 1.74. The topological polar surface area (TPSA) is 63.2 Å². The van der Waals surface area contributed by atoms with Crippen molar-refractivity contribution in [2.24, 2.45) is 0 Å². The summed E-state index contributed by atoms with van der Waals surface area (Å²) in [5.74, 6) is -0.209. The van der Waals surface area contributed by atoms with Crippen LogP contribution < -0.4 is 5.32 Å². The number of hydrogen-bond donors (Lipinski definition) is 1. The van der Waals surface area contributed by atoms with Crippen LogP contribution in [0.1, 0.15) is 15.9 Å².